The van der Waals surface area contributed by atoms with E-state index in [1.54, 1.807) is 7.11 Å². The van der Waals surface area contributed by atoms with Gasteiger partial charge in [0, 0.05) is 11.0 Å². The molecule has 0 amide bonds. The first-order valence-electron chi connectivity index (χ1n) is 6.49. The summed E-state index contributed by atoms with van der Waals surface area (Å²) in [7, 11) is 1.70. The van der Waals surface area contributed by atoms with Crippen molar-refractivity contribution in [3.63, 3.8) is 0 Å². The molecule has 104 valence electrons. The molecule has 0 aromatic carbocycles. The Morgan fingerprint density at radius 2 is 1.72 bits per heavy atom. The molecular weight excluding hydrogens is 226 g/mol. The van der Waals surface area contributed by atoms with Crippen LogP contribution in [0.15, 0.2) is 0 Å². The predicted molar refractivity (Wildman–Crippen MR) is 75.2 cm³/mol. The van der Waals surface area contributed by atoms with Crippen molar-refractivity contribution in [1.82, 2.24) is 9.78 Å². The molecule has 0 unspecified atom stereocenters. The maximum atomic E-state index is 5.72. The van der Waals surface area contributed by atoms with E-state index in [4.69, 9.17) is 15.6 Å². The quantitative estimate of drug-likeness (QED) is 0.900. The van der Waals surface area contributed by atoms with Crippen molar-refractivity contribution in [2.45, 2.75) is 58.9 Å². The lowest BCUT2D eigenvalue weighted by atomic mass is 9.88. The van der Waals surface area contributed by atoms with Crippen LogP contribution >= 0.6 is 0 Å². The van der Waals surface area contributed by atoms with E-state index >= 15 is 0 Å². The first-order chi connectivity index (χ1) is 8.12. The van der Waals surface area contributed by atoms with Gasteiger partial charge in [-0.2, -0.15) is 5.10 Å². The number of hydrogen-bond donors (Lipinski definition) is 1. The number of hydrogen-bond acceptors (Lipinski definition) is 3. The van der Waals surface area contributed by atoms with Crippen molar-refractivity contribution in [1.29, 1.82) is 0 Å². The van der Waals surface area contributed by atoms with E-state index in [0.717, 1.165) is 23.6 Å². The van der Waals surface area contributed by atoms with Crippen molar-refractivity contribution in [2.24, 2.45) is 5.73 Å². The Morgan fingerprint density at radius 3 is 2.06 bits per heavy atom. The summed E-state index contributed by atoms with van der Waals surface area (Å²) >= 11 is 0. The van der Waals surface area contributed by atoms with E-state index in [2.05, 4.69) is 41.5 Å². The number of nitrogens with two attached hydrogens (primary N) is 1. The Bertz CT molecular complexity index is 408. The molecule has 0 saturated carbocycles. The highest BCUT2D eigenvalue weighted by atomic mass is 16.5. The summed E-state index contributed by atoms with van der Waals surface area (Å²) in [6.45, 7) is 13.5. The highest BCUT2D eigenvalue weighted by Crippen LogP contribution is 2.34. The van der Waals surface area contributed by atoms with Gasteiger partial charge in [0.1, 0.15) is 0 Å². The molecule has 0 atom stereocenters. The summed E-state index contributed by atoms with van der Waals surface area (Å²) in [4.78, 5) is 0. The Labute approximate surface area is 111 Å². The van der Waals surface area contributed by atoms with E-state index in [1.807, 2.05) is 4.68 Å². The molecule has 0 aliphatic rings. The van der Waals surface area contributed by atoms with Crippen LogP contribution in [-0.4, -0.2) is 23.4 Å². The zero-order valence-corrected chi connectivity index (χ0v) is 12.8. The Kier molecular flexibility index (Phi) is 4.11. The highest BCUT2D eigenvalue weighted by molar-refractivity contribution is 5.37. The van der Waals surface area contributed by atoms with Gasteiger partial charge in [0.2, 0.25) is 5.88 Å². The summed E-state index contributed by atoms with van der Waals surface area (Å²) in [5.74, 6) is 0.845. The van der Waals surface area contributed by atoms with E-state index < -0.39 is 0 Å². The van der Waals surface area contributed by atoms with Gasteiger partial charge >= 0.3 is 0 Å². The number of rotatable bonds is 3. The molecule has 4 nitrogen and oxygen atoms in total. The van der Waals surface area contributed by atoms with Crippen LogP contribution in [0.2, 0.25) is 0 Å². The summed E-state index contributed by atoms with van der Waals surface area (Å²) < 4.78 is 7.55. The monoisotopic (exact) mass is 253 g/mol. The van der Waals surface area contributed by atoms with Gasteiger partial charge in [0.15, 0.2) is 0 Å². The van der Waals surface area contributed by atoms with Gasteiger partial charge in [0.05, 0.1) is 18.3 Å². The van der Waals surface area contributed by atoms with Crippen LogP contribution in [0.5, 0.6) is 5.88 Å². The molecule has 0 aliphatic carbocycles. The molecule has 1 heterocycles. The summed E-state index contributed by atoms with van der Waals surface area (Å²) in [6.07, 6.45) is 0.797. The van der Waals surface area contributed by atoms with Crippen LogP contribution in [0.25, 0.3) is 0 Å². The van der Waals surface area contributed by atoms with Crippen molar-refractivity contribution >= 4 is 0 Å². The lowest BCUT2D eigenvalue weighted by Crippen LogP contribution is -2.24. The normalized spacial score (nSPS) is 12.9. The standard InChI is InChI=1S/C14H27N3O/c1-13(2,3)11-10(8-9-15)12(18-7)17(16-11)14(4,5)6/h8-9,15H2,1-7H3. The first-order valence-corrected chi connectivity index (χ1v) is 6.49. The summed E-state index contributed by atoms with van der Waals surface area (Å²) in [5, 5.41) is 4.78. The second-order valence-electron chi connectivity index (χ2n) is 6.71. The van der Waals surface area contributed by atoms with Crippen molar-refractivity contribution in [3.8, 4) is 5.88 Å². The fraction of sp³-hybridized carbons (Fsp3) is 0.786. The van der Waals surface area contributed by atoms with Gasteiger partial charge in [-0.15, -0.1) is 0 Å². The van der Waals surface area contributed by atoms with Crippen LogP contribution in [0.4, 0.5) is 0 Å². The van der Waals surface area contributed by atoms with E-state index in [-0.39, 0.29) is 11.0 Å². The number of ether oxygens (including phenoxy) is 1. The van der Waals surface area contributed by atoms with Gasteiger partial charge in [0.25, 0.3) is 0 Å². The molecule has 0 saturated heterocycles. The fourth-order valence-corrected chi connectivity index (χ4v) is 2.07. The topological polar surface area (TPSA) is 53.1 Å². The highest BCUT2D eigenvalue weighted by Gasteiger charge is 2.30. The maximum Gasteiger partial charge on any atom is 0.215 e. The maximum absolute atomic E-state index is 5.72. The summed E-state index contributed by atoms with van der Waals surface area (Å²) in [5.41, 5.74) is 7.84. The zero-order valence-electron chi connectivity index (χ0n) is 12.8. The van der Waals surface area contributed by atoms with Crippen LogP contribution in [-0.2, 0) is 17.4 Å². The van der Waals surface area contributed by atoms with Gasteiger partial charge in [-0.3, -0.25) is 0 Å². The molecule has 1 rings (SSSR count). The third-order valence-electron chi connectivity index (χ3n) is 2.87. The van der Waals surface area contributed by atoms with Crippen LogP contribution in [0.3, 0.4) is 0 Å². The molecule has 0 spiro atoms. The van der Waals surface area contributed by atoms with Crippen molar-refractivity contribution in [2.75, 3.05) is 13.7 Å². The molecule has 0 fully saturated rings. The fourth-order valence-electron chi connectivity index (χ4n) is 2.07. The molecule has 18 heavy (non-hydrogen) atoms. The predicted octanol–water partition coefficient (Wildman–Crippen LogP) is 2.45. The third-order valence-corrected chi connectivity index (χ3v) is 2.87. The number of nitrogens with zero attached hydrogens (tertiary/aromatic N) is 2. The lowest BCUT2D eigenvalue weighted by molar-refractivity contribution is 0.279. The third kappa shape index (κ3) is 2.86. The van der Waals surface area contributed by atoms with Crippen molar-refractivity contribution in [3.05, 3.63) is 11.3 Å². The molecule has 1 aromatic heterocycles. The van der Waals surface area contributed by atoms with Crippen LogP contribution < -0.4 is 10.5 Å². The lowest BCUT2D eigenvalue weighted by Gasteiger charge is -2.22. The molecule has 1 aromatic rings. The number of methoxy groups -OCH3 is 1. The molecule has 0 bridgehead atoms. The van der Waals surface area contributed by atoms with Crippen molar-refractivity contribution < 1.29 is 4.74 Å². The summed E-state index contributed by atoms with van der Waals surface area (Å²) in [6, 6.07) is 0. The SMILES string of the molecule is COc1c(CCN)c(C(C)(C)C)nn1C(C)(C)C. The van der Waals surface area contributed by atoms with E-state index in [9.17, 15) is 0 Å². The first kappa shape index (κ1) is 15.0. The average Bonchev–Trinajstić information content (AvgIpc) is 2.56. The van der Waals surface area contributed by atoms with Gasteiger partial charge in [-0.25, -0.2) is 4.68 Å². The van der Waals surface area contributed by atoms with E-state index in [1.165, 1.54) is 0 Å². The minimum absolute atomic E-state index is 0.00567. The van der Waals surface area contributed by atoms with Gasteiger partial charge < -0.3 is 10.5 Å². The molecule has 0 radical (unpaired) electrons. The molecule has 0 aliphatic heterocycles. The van der Waals surface area contributed by atoms with E-state index in [0.29, 0.717) is 6.54 Å². The average molecular weight is 253 g/mol. The Morgan fingerprint density at radius 1 is 1.17 bits per heavy atom. The van der Waals surface area contributed by atoms with Crippen LogP contribution in [0, 0.1) is 0 Å². The number of aromatic nitrogens is 2. The van der Waals surface area contributed by atoms with Gasteiger partial charge in [-0.1, -0.05) is 20.8 Å². The Balaban J connectivity index is 3.49. The zero-order chi connectivity index (χ0) is 14.1. The van der Waals surface area contributed by atoms with Crippen LogP contribution in [0.1, 0.15) is 52.8 Å². The molecular formula is C14H27N3O. The van der Waals surface area contributed by atoms with Gasteiger partial charge in [-0.05, 0) is 33.7 Å². The molecule has 4 heteroatoms. The molecule has 2 N–H and O–H groups in total. The minimum atomic E-state index is -0.0990. The second-order valence-corrected chi connectivity index (χ2v) is 6.71. The largest absolute Gasteiger partial charge is 0.481 e. The minimum Gasteiger partial charge on any atom is -0.481 e. The second kappa shape index (κ2) is 4.92. The Hall–Kier alpha value is -1.03. The smallest absolute Gasteiger partial charge is 0.215 e.